The van der Waals surface area contributed by atoms with Crippen molar-refractivity contribution in [3.63, 3.8) is 0 Å². The minimum Gasteiger partial charge on any atom is -0.379 e. The monoisotopic (exact) mass is 457 g/mol. The second kappa shape index (κ2) is 13.0. The molecule has 0 saturated carbocycles. The lowest BCUT2D eigenvalue weighted by Crippen LogP contribution is -2.38. The van der Waals surface area contributed by atoms with Crippen molar-refractivity contribution in [2.75, 3.05) is 58.0 Å². The molecule has 1 aliphatic heterocycles. The molecule has 8 heteroatoms. The van der Waals surface area contributed by atoms with Crippen molar-refractivity contribution in [1.82, 2.24) is 10.2 Å². The van der Waals surface area contributed by atoms with E-state index in [0.717, 1.165) is 44.8 Å². The predicted octanol–water partition coefficient (Wildman–Crippen LogP) is 2.39. The second-order valence-electron chi connectivity index (χ2n) is 8.04. The van der Waals surface area contributed by atoms with Gasteiger partial charge in [-0.05, 0) is 48.4 Å². The Kier molecular flexibility index (Phi) is 9.80. The molecule has 0 unspecified atom stereocenters. The molecule has 178 valence electrons. The van der Waals surface area contributed by atoms with E-state index in [4.69, 9.17) is 9.47 Å². The highest BCUT2D eigenvalue weighted by Crippen LogP contribution is 2.19. The number of nitrogens with one attached hydrogen (secondary N) is 1. The third-order valence-corrected chi connectivity index (χ3v) is 5.49. The summed E-state index contributed by atoms with van der Waals surface area (Å²) in [5.74, 6) is -0.609. The molecule has 1 aliphatic rings. The Labute approximate surface area is 194 Å². The summed E-state index contributed by atoms with van der Waals surface area (Å²) < 4.78 is 23.9. The second-order valence-corrected chi connectivity index (χ2v) is 8.04. The number of nitrogens with zero attached hydrogens (tertiary/aromatic N) is 2. The van der Waals surface area contributed by atoms with E-state index < -0.39 is 0 Å². The molecule has 0 aromatic heterocycles. The molecule has 0 atom stereocenters. The van der Waals surface area contributed by atoms with Crippen LogP contribution in [0.1, 0.15) is 17.5 Å². The van der Waals surface area contributed by atoms with Crippen LogP contribution in [0.25, 0.3) is 0 Å². The maximum absolute atomic E-state index is 13.6. The number of carbonyl (C=O) groups excluding carboxylic acids is 2. The molecule has 1 fully saturated rings. The summed E-state index contributed by atoms with van der Waals surface area (Å²) >= 11 is 0. The predicted molar refractivity (Wildman–Crippen MR) is 124 cm³/mol. The molecule has 7 nitrogen and oxygen atoms in total. The van der Waals surface area contributed by atoms with Gasteiger partial charge in [-0.25, -0.2) is 4.39 Å². The quantitative estimate of drug-likeness (QED) is 0.525. The number of morpholine rings is 1. The molecule has 3 rings (SSSR count). The van der Waals surface area contributed by atoms with Gasteiger partial charge in [0, 0.05) is 32.4 Å². The third-order valence-electron chi connectivity index (χ3n) is 5.49. The standard InChI is InChI=1S/C25H32FN3O4/c1-32-19-25(31)29(18-21-4-2-5-22(26)16-21)23-8-6-20(7-9-23)17-24(30)27-10-3-11-28-12-14-33-15-13-28/h2,4-9,16H,3,10-15,17-19H2,1H3,(H,27,30). The highest BCUT2D eigenvalue weighted by atomic mass is 19.1. The fourth-order valence-corrected chi connectivity index (χ4v) is 3.74. The van der Waals surface area contributed by atoms with Crippen LogP contribution in [0.15, 0.2) is 48.5 Å². The van der Waals surface area contributed by atoms with Crippen LogP contribution >= 0.6 is 0 Å². The normalized spacial score (nSPS) is 14.1. The van der Waals surface area contributed by atoms with Crippen LogP contribution < -0.4 is 10.2 Å². The number of ether oxygens (including phenoxy) is 2. The number of methoxy groups -OCH3 is 1. The largest absolute Gasteiger partial charge is 0.379 e. The van der Waals surface area contributed by atoms with E-state index in [1.807, 2.05) is 12.1 Å². The zero-order valence-electron chi connectivity index (χ0n) is 19.1. The summed E-state index contributed by atoms with van der Waals surface area (Å²) in [6, 6.07) is 13.4. The number of anilines is 1. The Morgan fingerprint density at radius 2 is 1.88 bits per heavy atom. The Morgan fingerprint density at radius 3 is 2.58 bits per heavy atom. The topological polar surface area (TPSA) is 71.1 Å². The van der Waals surface area contributed by atoms with Gasteiger partial charge >= 0.3 is 0 Å². The summed E-state index contributed by atoms with van der Waals surface area (Å²) in [4.78, 5) is 28.8. The first-order valence-electron chi connectivity index (χ1n) is 11.2. The summed E-state index contributed by atoms with van der Waals surface area (Å²) in [6.07, 6.45) is 1.18. The fraction of sp³-hybridized carbons (Fsp3) is 0.440. The van der Waals surface area contributed by atoms with Crippen LogP contribution in [0.5, 0.6) is 0 Å². The Balaban J connectivity index is 1.52. The number of carbonyl (C=O) groups is 2. The van der Waals surface area contributed by atoms with Crippen LogP contribution in [0.3, 0.4) is 0 Å². The number of rotatable bonds is 11. The molecule has 2 amide bonds. The van der Waals surface area contributed by atoms with Crippen LogP contribution in [-0.4, -0.2) is 69.8 Å². The molecule has 1 heterocycles. The molecule has 0 radical (unpaired) electrons. The summed E-state index contributed by atoms with van der Waals surface area (Å²) in [7, 11) is 1.46. The minimum atomic E-state index is -0.349. The van der Waals surface area contributed by atoms with Crippen molar-refractivity contribution < 1.29 is 23.5 Å². The van der Waals surface area contributed by atoms with Crippen molar-refractivity contribution in [2.45, 2.75) is 19.4 Å². The summed E-state index contributed by atoms with van der Waals surface area (Å²) in [6.45, 7) is 5.19. The van der Waals surface area contributed by atoms with Gasteiger partial charge in [-0.3, -0.25) is 14.5 Å². The van der Waals surface area contributed by atoms with Crippen LogP contribution in [0, 0.1) is 5.82 Å². The average molecular weight is 458 g/mol. The van der Waals surface area contributed by atoms with Crippen molar-refractivity contribution in [1.29, 1.82) is 0 Å². The zero-order chi connectivity index (χ0) is 23.5. The Hall–Kier alpha value is -2.81. The van der Waals surface area contributed by atoms with E-state index in [1.54, 1.807) is 29.2 Å². The molecule has 33 heavy (non-hydrogen) atoms. The van der Waals surface area contributed by atoms with Gasteiger partial charge in [-0.2, -0.15) is 0 Å². The van der Waals surface area contributed by atoms with Gasteiger partial charge in [0.05, 0.1) is 26.2 Å². The first kappa shape index (κ1) is 24.8. The van der Waals surface area contributed by atoms with Crippen molar-refractivity contribution in [3.8, 4) is 0 Å². The van der Waals surface area contributed by atoms with Crippen LogP contribution in [0.2, 0.25) is 0 Å². The lowest BCUT2D eigenvalue weighted by molar-refractivity contribution is -0.122. The van der Waals surface area contributed by atoms with Gasteiger partial charge in [0.2, 0.25) is 5.91 Å². The smallest absolute Gasteiger partial charge is 0.253 e. The Bertz CT molecular complexity index is 901. The van der Waals surface area contributed by atoms with Gasteiger partial charge < -0.3 is 19.7 Å². The van der Waals surface area contributed by atoms with Gasteiger partial charge in [0.1, 0.15) is 12.4 Å². The van der Waals surface area contributed by atoms with Gasteiger partial charge in [-0.1, -0.05) is 24.3 Å². The lowest BCUT2D eigenvalue weighted by atomic mass is 10.1. The van der Waals surface area contributed by atoms with Gasteiger partial charge in [-0.15, -0.1) is 0 Å². The van der Waals surface area contributed by atoms with E-state index >= 15 is 0 Å². The third kappa shape index (κ3) is 8.24. The first-order valence-corrected chi connectivity index (χ1v) is 11.2. The Morgan fingerprint density at radius 1 is 1.12 bits per heavy atom. The molecule has 0 aliphatic carbocycles. The highest BCUT2D eigenvalue weighted by Gasteiger charge is 2.17. The lowest BCUT2D eigenvalue weighted by Gasteiger charge is -2.26. The maximum atomic E-state index is 13.6. The van der Waals surface area contributed by atoms with Crippen LogP contribution in [-0.2, 0) is 32.0 Å². The number of benzene rings is 2. The van der Waals surface area contributed by atoms with E-state index in [9.17, 15) is 14.0 Å². The molecule has 2 aromatic rings. The minimum absolute atomic E-state index is 0.0307. The number of hydrogen-bond donors (Lipinski definition) is 1. The van der Waals surface area contributed by atoms with Gasteiger partial charge in [0.25, 0.3) is 5.91 Å². The molecular formula is C25H32FN3O4. The number of hydrogen-bond acceptors (Lipinski definition) is 5. The average Bonchev–Trinajstić information content (AvgIpc) is 2.82. The van der Waals surface area contributed by atoms with Crippen molar-refractivity contribution >= 4 is 17.5 Å². The molecular weight excluding hydrogens is 425 g/mol. The van der Waals surface area contributed by atoms with E-state index in [-0.39, 0.29) is 37.2 Å². The number of halogens is 1. The number of amides is 2. The molecule has 2 aromatic carbocycles. The molecule has 1 N–H and O–H groups in total. The van der Waals surface area contributed by atoms with Crippen molar-refractivity contribution in [2.24, 2.45) is 0 Å². The highest BCUT2D eigenvalue weighted by molar-refractivity contribution is 5.94. The first-order chi connectivity index (χ1) is 16.0. The zero-order valence-corrected chi connectivity index (χ0v) is 19.1. The molecule has 1 saturated heterocycles. The van der Waals surface area contributed by atoms with E-state index in [1.165, 1.54) is 19.2 Å². The SMILES string of the molecule is COCC(=O)N(Cc1cccc(F)c1)c1ccc(CC(=O)NCCCN2CCOCC2)cc1. The van der Waals surface area contributed by atoms with E-state index in [0.29, 0.717) is 17.8 Å². The van der Waals surface area contributed by atoms with Crippen LogP contribution in [0.4, 0.5) is 10.1 Å². The fourth-order valence-electron chi connectivity index (χ4n) is 3.74. The molecule has 0 bridgehead atoms. The summed E-state index contributed by atoms with van der Waals surface area (Å²) in [5.41, 5.74) is 2.20. The van der Waals surface area contributed by atoms with Gasteiger partial charge in [0.15, 0.2) is 0 Å². The maximum Gasteiger partial charge on any atom is 0.253 e. The van der Waals surface area contributed by atoms with E-state index in [2.05, 4.69) is 10.2 Å². The van der Waals surface area contributed by atoms with Crippen molar-refractivity contribution in [3.05, 3.63) is 65.5 Å². The summed E-state index contributed by atoms with van der Waals surface area (Å²) in [5, 5.41) is 2.97. The molecule has 0 spiro atoms.